The van der Waals surface area contributed by atoms with Crippen LogP contribution in [0.1, 0.15) is 56.6 Å². The Balaban J connectivity index is 1.86. The molecule has 2 N–H and O–H groups in total. The first-order valence-electron chi connectivity index (χ1n) is 7.67. The first kappa shape index (κ1) is 16.0. The van der Waals surface area contributed by atoms with E-state index in [0.717, 1.165) is 18.4 Å². The van der Waals surface area contributed by atoms with Crippen LogP contribution in [0.25, 0.3) is 0 Å². The van der Waals surface area contributed by atoms with Crippen molar-refractivity contribution in [1.82, 2.24) is 5.32 Å². The third-order valence-electron chi connectivity index (χ3n) is 4.42. The van der Waals surface area contributed by atoms with Crippen LogP contribution in [-0.4, -0.2) is 11.0 Å². The van der Waals surface area contributed by atoms with Gasteiger partial charge in [-0.1, -0.05) is 32.3 Å². The molecule has 0 radical (unpaired) electrons. The van der Waals surface area contributed by atoms with Gasteiger partial charge in [0.15, 0.2) is 0 Å². The first-order chi connectivity index (χ1) is 10.0. The second-order valence-corrected chi connectivity index (χ2v) is 6.41. The van der Waals surface area contributed by atoms with Gasteiger partial charge in [-0.05, 0) is 36.0 Å². The molecular formula is C17H24FNO2. The second kappa shape index (κ2) is 7.03. The Kier molecular flexibility index (Phi) is 5.34. The van der Waals surface area contributed by atoms with E-state index in [1.165, 1.54) is 25.3 Å². The molecule has 1 saturated carbocycles. The van der Waals surface area contributed by atoms with E-state index >= 15 is 0 Å². The summed E-state index contributed by atoms with van der Waals surface area (Å²) in [7, 11) is 0. The quantitative estimate of drug-likeness (QED) is 0.875. The molecule has 4 heteroatoms. The number of hydrogen-bond acceptors (Lipinski definition) is 2. The van der Waals surface area contributed by atoms with Gasteiger partial charge in [-0.15, -0.1) is 0 Å². The molecule has 1 aromatic carbocycles. The van der Waals surface area contributed by atoms with E-state index in [0.29, 0.717) is 13.0 Å². The van der Waals surface area contributed by atoms with E-state index in [2.05, 4.69) is 12.2 Å². The van der Waals surface area contributed by atoms with E-state index in [1.54, 1.807) is 12.1 Å². The maximum atomic E-state index is 13.3. The highest BCUT2D eigenvalue weighted by molar-refractivity contribution is 5.76. The number of rotatable bonds is 5. The normalized spacial score (nSPS) is 17.5. The predicted molar refractivity (Wildman–Crippen MR) is 80.0 cm³/mol. The van der Waals surface area contributed by atoms with Crippen molar-refractivity contribution in [2.45, 2.75) is 58.6 Å². The molecule has 1 amide bonds. The predicted octanol–water partition coefficient (Wildman–Crippen LogP) is 3.29. The zero-order valence-electron chi connectivity index (χ0n) is 12.6. The fourth-order valence-electron chi connectivity index (χ4n) is 3.09. The van der Waals surface area contributed by atoms with Crippen molar-refractivity contribution in [3.8, 4) is 0 Å². The van der Waals surface area contributed by atoms with Crippen molar-refractivity contribution in [3.05, 3.63) is 35.1 Å². The zero-order chi connectivity index (χ0) is 15.3. The third kappa shape index (κ3) is 4.53. The summed E-state index contributed by atoms with van der Waals surface area (Å²) < 4.78 is 13.3. The summed E-state index contributed by atoms with van der Waals surface area (Å²) in [5, 5.41) is 11.9. The van der Waals surface area contributed by atoms with Gasteiger partial charge in [-0.3, -0.25) is 4.79 Å². The van der Waals surface area contributed by atoms with Gasteiger partial charge in [0.2, 0.25) is 5.91 Å². The fraction of sp³-hybridized carbons (Fsp3) is 0.588. The lowest BCUT2D eigenvalue weighted by Crippen LogP contribution is -2.31. The molecule has 1 aliphatic carbocycles. The summed E-state index contributed by atoms with van der Waals surface area (Å²) in [6.07, 6.45) is 6.48. The Hall–Kier alpha value is -1.42. The smallest absolute Gasteiger partial charge is 0.220 e. The number of carbonyl (C=O) groups excluding carboxylic acids is 1. The van der Waals surface area contributed by atoms with Crippen LogP contribution in [0.5, 0.6) is 0 Å². The SMILES string of the molecule is CC1(CC(=O)NCc2ccc(F)c(CO)c2)CCCCC1. The monoisotopic (exact) mass is 293 g/mol. The summed E-state index contributed by atoms with van der Waals surface area (Å²) in [5.74, 6) is -0.364. The van der Waals surface area contributed by atoms with E-state index in [1.807, 2.05) is 0 Å². The Morgan fingerprint density at radius 3 is 2.71 bits per heavy atom. The van der Waals surface area contributed by atoms with Crippen LogP contribution in [0.2, 0.25) is 0 Å². The molecule has 3 nitrogen and oxygen atoms in total. The minimum atomic E-state index is -0.415. The summed E-state index contributed by atoms with van der Waals surface area (Å²) in [6, 6.07) is 4.56. The highest BCUT2D eigenvalue weighted by Crippen LogP contribution is 2.38. The standard InChI is InChI=1S/C17H24FNO2/c1-17(7-3-2-4-8-17)10-16(21)19-11-13-5-6-15(18)14(9-13)12-20/h5-6,9,20H,2-4,7-8,10-12H2,1H3,(H,19,21). The van der Waals surface area contributed by atoms with Crippen LogP contribution in [0.4, 0.5) is 4.39 Å². The number of hydrogen-bond donors (Lipinski definition) is 2. The van der Waals surface area contributed by atoms with Crippen molar-refractivity contribution in [2.24, 2.45) is 5.41 Å². The number of nitrogens with one attached hydrogen (secondary N) is 1. The van der Waals surface area contributed by atoms with Crippen LogP contribution in [0.15, 0.2) is 18.2 Å². The molecule has 1 aromatic rings. The van der Waals surface area contributed by atoms with E-state index in [-0.39, 0.29) is 23.5 Å². The average molecular weight is 293 g/mol. The first-order valence-corrected chi connectivity index (χ1v) is 7.67. The molecule has 0 spiro atoms. The fourth-order valence-corrected chi connectivity index (χ4v) is 3.09. The number of aliphatic hydroxyl groups is 1. The molecule has 0 heterocycles. The molecule has 0 bridgehead atoms. The molecule has 0 saturated heterocycles. The van der Waals surface area contributed by atoms with Crippen LogP contribution in [-0.2, 0) is 17.9 Å². The lowest BCUT2D eigenvalue weighted by molar-refractivity contribution is -0.123. The molecule has 21 heavy (non-hydrogen) atoms. The molecule has 1 fully saturated rings. The lowest BCUT2D eigenvalue weighted by Gasteiger charge is -2.32. The van der Waals surface area contributed by atoms with E-state index in [9.17, 15) is 9.18 Å². The molecule has 116 valence electrons. The third-order valence-corrected chi connectivity index (χ3v) is 4.42. The molecular weight excluding hydrogens is 269 g/mol. The number of halogens is 1. The topological polar surface area (TPSA) is 49.3 Å². The van der Waals surface area contributed by atoms with Crippen LogP contribution in [0, 0.1) is 11.2 Å². The summed E-state index contributed by atoms with van der Waals surface area (Å²) >= 11 is 0. The van der Waals surface area contributed by atoms with Crippen molar-refractivity contribution in [1.29, 1.82) is 0 Å². The highest BCUT2D eigenvalue weighted by atomic mass is 19.1. The van der Waals surface area contributed by atoms with Gasteiger partial charge in [0.25, 0.3) is 0 Å². The summed E-state index contributed by atoms with van der Waals surface area (Å²) in [5.41, 5.74) is 1.20. The molecule has 1 aliphatic rings. The van der Waals surface area contributed by atoms with Crippen LogP contribution >= 0.6 is 0 Å². The molecule has 0 unspecified atom stereocenters. The zero-order valence-corrected chi connectivity index (χ0v) is 12.6. The molecule has 0 aromatic heterocycles. The number of amides is 1. The summed E-state index contributed by atoms with van der Waals surface area (Å²) in [4.78, 5) is 12.1. The van der Waals surface area contributed by atoms with Gasteiger partial charge in [-0.25, -0.2) is 4.39 Å². The Morgan fingerprint density at radius 1 is 1.33 bits per heavy atom. The maximum Gasteiger partial charge on any atom is 0.220 e. The average Bonchev–Trinajstić information content (AvgIpc) is 2.46. The molecule has 0 aliphatic heterocycles. The van der Waals surface area contributed by atoms with Crippen molar-refractivity contribution >= 4 is 5.91 Å². The number of benzene rings is 1. The van der Waals surface area contributed by atoms with Gasteiger partial charge in [0.05, 0.1) is 6.61 Å². The van der Waals surface area contributed by atoms with E-state index < -0.39 is 5.82 Å². The van der Waals surface area contributed by atoms with Crippen molar-refractivity contribution in [2.75, 3.05) is 0 Å². The minimum Gasteiger partial charge on any atom is -0.392 e. The van der Waals surface area contributed by atoms with Gasteiger partial charge in [0, 0.05) is 18.5 Å². The van der Waals surface area contributed by atoms with Crippen molar-refractivity contribution < 1.29 is 14.3 Å². The van der Waals surface area contributed by atoms with Gasteiger partial charge in [0.1, 0.15) is 5.82 Å². The minimum absolute atomic E-state index is 0.0503. The number of aliphatic hydroxyl groups excluding tert-OH is 1. The van der Waals surface area contributed by atoms with Crippen LogP contribution < -0.4 is 5.32 Å². The number of carbonyl (C=O) groups is 1. The van der Waals surface area contributed by atoms with Gasteiger partial charge in [-0.2, -0.15) is 0 Å². The highest BCUT2D eigenvalue weighted by Gasteiger charge is 2.29. The van der Waals surface area contributed by atoms with Crippen LogP contribution in [0.3, 0.4) is 0 Å². The summed E-state index contributed by atoms with van der Waals surface area (Å²) in [6.45, 7) is 2.24. The lowest BCUT2D eigenvalue weighted by atomic mass is 9.73. The molecule has 2 rings (SSSR count). The van der Waals surface area contributed by atoms with Gasteiger partial charge < -0.3 is 10.4 Å². The molecule has 0 atom stereocenters. The maximum absolute atomic E-state index is 13.3. The second-order valence-electron chi connectivity index (χ2n) is 6.41. The largest absolute Gasteiger partial charge is 0.392 e. The Morgan fingerprint density at radius 2 is 2.05 bits per heavy atom. The van der Waals surface area contributed by atoms with E-state index in [4.69, 9.17) is 5.11 Å². The Bertz CT molecular complexity index is 496. The van der Waals surface area contributed by atoms with Crippen molar-refractivity contribution in [3.63, 3.8) is 0 Å². The Labute approximate surface area is 125 Å². The van der Waals surface area contributed by atoms with Gasteiger partial charge >= 0.3 is 0 Å².